The molecule has 2 aromatic carbocycles. The molecule has 0 aliphatic rings. The fourth-order valence-electron chi connectivity index (χ4n) is 2.84. The average molecular weight is 390 g/mol. The van der Waals surface area contributed by atoms with Crippen LogP contribution in [0.25, 0.3) is 0 Å². The molecule has 0 saturated carbocycles. The number of carbonyl (C=O) groups excluding carboxylic acids is 2. The third kappa shape index (κ3) is 5.16. The van der Waals surface area contributed by atoms with Crippen LogP contribution in [0.4, 0.5) is 11.5 Å². The van der Waals surface area contributed by atoms with Gasteiger partial charge in [0.05, 0.1) is 12.7 Å². The Hall–Kier alpha value is -3.74. The van der Waals surface area contributed by atoms with Crippen molar-refractivity contribution in [2.24, 2.45) is 0 Å². The Kier molecular flexibility index (Phi) is 6.52. The van der Waals surface area contributed by atoms with Crippen molar-refractivity contribution in [2.45, 2.75) is 13.5 Å². The van der Waals surface area contributed by atoms with E-state index in [-0.39, 0.29) is 11.6 Å². The number of nitrogens with one attached hydrogen (secondary N) is 1. The van der Waals surface area contributed by atoms with E-state index in [0.29, 0.717) is 23.6 Å². The molecule has 0 unspecified atom stereocenters. The Morgan fingerprint density at radius 1 is 1.03 bits per heavy atom. The molecule has 3 aromatic rings. The molecule has 1 aromatic heterocycles. The molecule has 0 aliphatic heterocycles. The van der Waals surface area contributed by atoms with Crippen molar-refractivity contribution in [3.8, 4) is 0 Å². The fourth-order valence-corrected chi connectivity index (χ4v) is 2.84. The van der Waals surface area contributed by atoms with E-state index < -0.39 is 5.97 Å². The second-order valence-electron chi connectivity index (χ2n) is 6.29. The van der Waals surface area contributed by atoms with Crippen molar-refractivity contribution < 1.29 is 14.3 Å². The Morgan fingerprint density at radius 3 is 2.55 bits per heavy atom. The summed E-state index contributed by atoms with van der Waals surface area (Å²) >= 11 is 0. The first-order valence-corrected chi connectivity index (χ1v) is 9.21. The van der Waals surface area contributed by atoms with E-state index in [0.717, 1.165) is 12.1 Å². The monoisotopic (exact) mass is 390 g/mol. The minimum atomic E-state index is -0.468. The molecular weight excluding hydrogens is 368 g/mol. The molecule has 0 bridgehead atoms. The van der Waals surface area contributed by atoms with Gasteiger partial charge in [-0.2, -0.15) is 0 Å². The van der Waals surface area contributed by atoms with Crippen LogP contribution in [0.3, 0.4) is 0 Å². The highest BCUT2D eigenvalue weighted by atomic mass is 16.5. The van der Waals surface area contributed by atoms with Crippen LogP contribution in [0.5, 0.6) is 0 Å². The van der Waals surface area contributed by atoms with Gasteiger partial charge in [0.25, 0.3) is 5.91 Å². The summed E-state index contributed by atoms with van der Waals surface area (Å²) in [6.07, 6.45) is 1.38. The summed E-state index contributed by atoms with van der Waals surface area (Å²) in [5, 5.41) is 2.76. The number of rotatable bonds is 7. The van der Waals surface area contributed by atoms with Gasteiger partial charge in [-0.1, -0.05) is 36.4 Å². The summed E-state index contributed by atoms with van der Waals surface area (Å²) < 4.78 is 4.71. The molecule has 3 rings (SSSR count). The van der Waals surface area contributed by atoms with Gasteiger partial charge in [-0.15, -0.1) is 0 Å². The number of hydrogen-bond acceptors (Lipinski definition) is 6. The summed E-state index contributed by atoms with van der Waals surface area (Å²) in [6, 6.07) is 18.2. The van der Waals surface area contributed by atoms with Crippen LogP contribution in [0.15, 0.2) is 67.0 Å². The zero-order chi connectivity index (χ0) is 20.6. The van der Waals surface area contributed by atoms with Crippen molar-refractivity contribution >= 4 is 23.4 Å². The van der Waals surface area contributed by atoms with Crippen LogP contribution in [-0.2, 0) is 11.3 Å². The lowest BCUT2D eigenvalue weighted by Gasteiger charge is -2.22. The van der Waals surface area contributed by atoms with E-state index in [1.165, 1.54) is 13.4 Å². The predicted molar refractivity (Wildman–Crippen MR) is 111 cm³/mol. The van der Waals surface area contributed by atoms with Crippen molar-refractivity contribution in [3.05, 3.63) is 83.8 Å². The van der Waals surface area contributed by atoms with Crippen LogP contribution in [0.2, 0.25) is 0 Å². The second-order valence-corrected chi connectivity index (χ2v) is 6.29. The standard InChI is InChI=1S/C22H22N4O3/c1-3-26(14-16-8-5-4-6-9-16)20-13-19(23-15-24-20)21(27)25-18-11-7-10-17(12-18)22(28)29-2/h4-13,15H,3,14H2,1-2H3,(H,25,27). The maximum absolute atomic E-state index is 12.7. The Balaban J connectivity index is 1.76. The number of esters is 1. The van der Waals surface area contributed by atoms with Crippen LogP contribution in [-0.4, -0.2) is 35.5 Å². The third-order valence-corrected chi connectivity index (χ3v) is 4.35. The van der Waals surface area contributed by atoms with Gasteiger partial charge in [0.2, 0.25) is 0 Å². The Bertz CT molecular complexity index is 992. The van der Waals surface area contributed by atoms with Crippen molar-refractivity contribution in [1.29, 1.82) is 0 Å². The SMILES string of the molecule is CCN(Cc1ccccc1)c1cc(C(=O)Nc2cccc(C(=O)OC)c2)ncn1. The molecule has 1 heterocycles. The lowest BCUT2D eigenvalue weighted by Crippen LogP contribution is -2.24. The van der Waals surface area contributed by atoms with E-state index in [4.69, 9.17) is 4.74 Å². The van der Waals surface area contributed by atoms with Gasteiger partial charge >= 0.3 is 5.97 Å². The highest BCUT2D eigenvalue weighted by molar-refractivity contribution is 6.03. The highest BCUT2D eigenvalue weighted by Crippen LogP contribution is 2.17. The molecule has 7 heteroatoms. The minimum absolute atomic E-state index is 0.241. The zero-order valence-corrected chi connectivity index (χ0v) is 16.3. The number of benzene rings is 2. The number of nitrogens with zero attached hydrogens (tertiary/aromatic N) is 3. The van der Waals surface area contributed by atoms with Crippen LogP contribution in [0.1, 0.15) is 33.3 Å². The van der Waals surface area contributed by atoms with Crippen LogP contribution >= 0.6 is 0 Å². The van der Waals surface area contributed by atoms with Gasteiger partial charge in [0.1, 0.15) is 17.8 Å². The van der Waals surface area contributed by atoms with Crippen molar-refractivity contribution in [1.82, 2.24) is 9.97 Å². The Morgan fingerprint density at radius 2 is 1.83 bits per heavy atom. The predicted octanol–water partition coefficient (Wildman–Crippen LogP) is 3.54. The Labute approximate surface area is 169 Å². The number of amides is 1. The number of anilines is 2. The molecule has 0 saturated heterocycles. The summed E-state index contributed by atoms with van der Waals surface area (Å²) in [7, 11) is 1.31. The van der Waals surface area contributed by atoms with E-state index in [2.05, 4.69) is 20.2 Å². The number of aromatic nitrogens is 2. The van der Waals surface area contributed by atoms with Gasteiger partial charge < -0.3 is 15.0 Å². The summed E-state index contributed by atoms with van der Waals surface area (Å²) in [5.74, 6) is -0.184. The lowest BCUT2D eigenvalue weighted by atomic mass is 10.2. The van der Waals surface area contributed by atoms with Crippen LogP contribution < -0.4 is 10.2 Å². The van der Waals surface area contributed by atoms with Gasteiger partial charge in [-0.3, -0.25) is 4.79 Å². The van der Waals surface area contributed by atoms with Crippen molar-refractivity contribution in [3.63, 3.8) is 0 Å². The molecule has 7 nitrogen and oxygen atoms in total. The molecule has 0 radical (unpaired) electrons. The van der Waals surface area contributed by atoms with E-state index in [9.17, 15) is 9.59 Å². The summed E-state index contributed by atoms with van der Waals surface area (Å²) in [5.41, 5.74) is 2.23. The largest absolute Gasteiger partial charge is 0.465 e. The maximum Gasteiger partial charge on any atom is 0.337 e. The molecule has 29 heavy (non-hydrogen) atoms. The molecule has 0 spiro atoms. The fraction of sp³-hybridized carbons (Fsp3) is 0.182. The minimum Gasteiger partial charge on any atom is -0.465 e. The summed E-state index contributed by atoms with van der Waals surface area (Å²) in [4.78, 5) is 34.8. The number of ether oxygens (including phenoxy) is 1. The molecule has 0 aliphatic carbocycles. The molecule has 148 valence electrons. The average Bonchev–Trinajstić information content (AvgIpc) is 2.77. The van der Waals surface area contributed by atoms with E-state index >= 15 is 0 Å². The quantitative estimate of drug-likeness (QED) is 0.621. The number of carbonyl (C=O) groups is 2. The van der Waals surface area contributed by atoms with E-state index in [1.54, 1.807) is 30.3 Å². The molecular formula is C22H22N4O3. The molecule has 1 amide bonds. The first-order chi connectivity index (χ1) is 14.1. The topological polar surface area (TPSA) is 84.4 Å². The molecule has 1 N–H and O–H groups in total. The molecule has 0 fully saturated rings. The molecule has 0 atom stereocenters. The van der Waals surface area contributed by atoms with Crippen molar-refractivity contribution in [2.75, 3.05) is 23.9 Å². The second kappa shape index (κ2) is 9.45. The highest BCUT2D eigenvalue weighted by Gasteiger charge is 2.14. The first-order valence-electron chi connectivity index (χ1n) is 9.21. The third-order valence-electron chi connectivity index (χ3n) is 4.35. The van der Waals surface area contributed by atoms with Gasteiger partial charge in [0, 0.05) is 24.8 Å². The van der Waals surface area contributed by atoms with Gasteiger partial charge in [-0.25, -0.2) is 14.8 Å². The first kappa shape index (κ1) is 20.0. The number of hydrogen-bond donors (Lipinski definition) is 1. The summed E-state index contributed by atoms with van der Waals surface area (Å²) in [6.45, 7) is 3.44. The van der Waals surface area contributed by atoms with Gasteiger partial charge in [0.15, 0.2) is 0 Å². The van der Waals surface area contributed by atoms with Crippen LogP contribution in [0, 0.1) is 0 Å². The zero-order valence-electron chi connectivity index (χ0n) is 16.3. The normalized spacial score (nSPS) is 10.3. The van der Waals surface area contributed by atoms with E-state index in [1.807, 2.05) is 37.3 Å². The smallest absolute Gasteiger partial charge is 0.337 e. The maximum atomic E-state index is 12.7. The van der Waals surface area contributed by atoms with Gasteiger partial charge in [-0.05, 0) is 30.7 Å². The lowest BCUT2D eigenvalue weighted by molar-refractivity contribution is 0.0600. The number of methoxy groups -OCH3 is 1.